The molecule has 0 nitrogen and oxygen atoms in total. The third-order valence-electron chi connectivity index (χ3n) is 7.77. The van der Waals surface area contributed by atoms with E-state index < -0.39 is 0 Å². The average Bonchev–Trinajstić information content (AvgIpc) is 3.11. The molecule has 0 saturated heterocycles. The molecule has 3 fully saturated rings. The minimum Gasteiger partial charge on any atom is -0.0654 e. The molecule has 4 atom stereocenters. The maximum atomic E-state index is 2.34. The minimum atomic E-state index is 1.11. The van der Waals surface area contributed by atoms with E-state index in [1.165, 1.54) is 44.9 Å². The van der Waals surface area contributed by atoms with Gasteiger partial charge in [-0.3, -0.25) is 0 Å². The van der Waals surface area contributed by atoms with E-state index in [1.807, 2.05) is 0 Å². The van der Waals surface area contributed by atoms with Gasteiger partial charge in [0, 0.05) is 0 Å². The Kier molecular flexibility index (Phi) is 6.90. The molecule has 0 N–H and O–H groups in total. The number of hydrogen-bond donors (Lipinski definition) is 0. The van der Waals surface area contributed by atoms with Crippen LogP contribution in [0.4, 0.5) is 0 Å². The molecule has 0 aromatic rings. The van der Waals surface area contributed by atoms with Crippen LogP contribution in [0.5, 0.6) is 0 Å². The van der Waals surface area contributed by atoms with E-state index in [9.17, 15) is 0 Å². The predicted octanol–water partition coefficient (Wildman–Crippen LogP) is 7.62. The third-order valence-corrected chi connectivity index (χ3v) is 7.77. The fraction of sp³-hybridized carbons (Fsp3) is 1.00. The SMILES string of the molecule is CCCCCCC1CC2CC3CC(CCCCC)CC3CC2C1. The van der Waals surface area contributed by atoms with Gasteiger partial charge >= 0.3 is 0 Å². The lowest BCUT2D eigenvalue weighted by Gasteiger charge is -2.34. The molecule has 0 heteroatoms. The van der Waals surface area contributed by atoms with Gasteiger partial charge in [-0.15, -0.1) is 0 Å². The average molecular weight is 319 g/mol. The van der Waals surface area contributed by atoms with Crippen molar-refractivity contribution in [2.45, 2.75) is 110 Å². The van der Waals surface area contributed by atoms with Crippen LogP contribution >= 0.6 is 0 Å². The topological polar surface area (TPSA) is 0 Å². The highest BCUT2D eigenvalue weighted by Gasteiger charge is 2.45. The molecule has 0 amide bonds. The Morgan fingerprint density at radius 3 is 1.30 bits per heavy atom. The Balaban J connectivity index is 1.39. The zero-order valence-corrected chi connectivity index (χ0v) is 16.1. The summed E-state index contributed by atoms with van der Waals surface area (Å²) in [5.41, 5.74) is 0. The van der Waals surface area contributed by atoms with Gasteiger partial charge in [-0.25, -0.2) is 0 Å². The molecule has 3 saturated carbocycles. The van der Waals surface area contributed by atoms with Crippen LogP contribution in [-0.4, -0.2) is 0 Å². The Morgan fingerprint density at radius 2 is 0.870 bits per heavy atom. The van der Waals surface area contributed by atoms with Crippen LogP contribution in [0, 0.1) is 35.5 Å². The molecular weight excluding hydrogens is 276 g/mol. The molecule has 23 heavy (non-hydrogen) atoms. The third kappa shape index (κ3) is 4.76. The number of rotatable bonds is 9. The molecule has 0 heterocycles. The normalized spacial score (nSPS) is 39.4. The Morgan fingerprint density at radius 1 is 0.478 bits per heavy atom. The second kappa shape index (κ2) is 8.91. The second-order valence-corrected chi connectivity index (χ2v) is 9.53. The Labute approximate surface area is 146 Å². The zero-order valence-electron chi connectivity index (χ0n) is 16.1. The van der Waals surface area contributed by atoms with Crippen molar-refractivity contribution in [2.24, 2.45) is 35.5 Å². The second-order valence-electron chi connectivity index (χ2n) is 9.53. The Hall–Kier alpha value is 0. The Bertz CT molecular complexity index is 311. The monoisotopic (exact) mass is 318 g/mol. The first-order chi connectivity index (χ1) is 11.3. The molecule has 134 valence electrons. The largest absolute Gasteiger partial charge is 0.0654 e. The van der Waals surface area contributed by atoms with E-state index in [1.54, 1.807) is 51.4 Å². The lowest BCUT2D eigenvalue weighted by atomic mass is 9.71. The highest BCUT2D eigenvalue weighted by molar-refractivity contribution is 4.96. The van der Waals surface area contributed by atoms with E-state index in [0.29, 0.717) is 0 Å². The van der Waals surface area contributed by atoms with Gasteiger partial charge in [-0.05, 0) is 74.0 Å². The summed E-state index contributed by atoms with van der Waals surface area (Å²) in [5.74, 6) is 6.79. The first-order valence-corrected chi connectivity index (χ1v) is 11.3. The van der Waals surface area contributed by atoms with Crippen LogP contribution in [0.3, 0.4) is 0 Å². The summed E-state index contributed by atoms with van der Waals surface area (Å²) in [6.45, 7) is 4.67. The van der Waals surface area contributed by atoms with Crippen molar-refractivity contribution in [2.75, 3.05) is 0 Å². The van der Waals surface area contributed by atoms with Crippen LogP contribution < -0.4 is 0 Å². The van der Waals surface area contributed by atoms with Gasteiger partial charge < -0.3 is 0 Å². The fourth-order valence-corrected chi connectivity index (χ4v) is 6.62. The molecular formula is C23H42. The maximum Gasteiger partial charge on any atom is -0.0380 e. The van der Waals surface area contributed by atoms with Gasteiger partial charge in [0.05, 0.1) is 0 Å². The van der Waals surface area contributed by atoms with Gasteiger partial charge in [0.2, 0.25) is 0 Å². The van der Waals surface area contributed by atoms with Crippen molar-refractivity contribution in [3.63, 3.8) is 0 Å². The van der Waals surface area contributed by atoms with Gasteiger partial charge in [0.1, 0.15) is 0 Å². The molecule has 0 bridgehead atoms. The summed E-state index contributed by atoms with van der Waals surface area (Å²) < 4.78 is 0. The van der Waals surface area contributed by atoms with Crippen LogP contribution in [-0.2, 0) is 0 Å². The fourth-order valence-electron chi connectivity index (χ4n) is 6.62. The van der Waals surface area contributed by atoms with E-state index in [0.717, 1.165) is 35.5 Å². The van der Waals surface area contributed by atoms with E-state index in [4.69, 9.17) is 0 Å². The first-order valence-electron chi connectivity index (χ1n) is 11.3. The highest BCUT2D eigenvalue weighted by atomic mass is 14.5. The van der Waals surface area contributed by atoms with Crippen molar-refractivity contribution in [3.05, 3.63) is 0 Å². The van der Waals surface area contributed by atoms with Gasteiger partial charge in [-0.2, -0.15) is 0 Å². The summed E-state index contributed by atoms with van der Waals surface area (Å²) in [7, 11) is 0. The maximum absolute atomic E-state index is 2.34. The van der Waals surface area contributed by atoms with Gasteiger partial charge in [0.25, 0.3) is 0 Å². The molecule has 0 spiro atoms. The summed E-state index contributed by atoms with van der Waals surface area (Å²) in [6.07, 6.45) is 23.0. The van der Waals surface area contributed by atoms with E-state index in [-0.39, 0.29) is 0 Å². The lowest BCUT2D eigenvalue weighted by Crippen LogP contribution is -2.25. The smallest absolute Gasteiger partial charge is 0.0380 e. The van der Waals surface area contributed by atoms with Crippen LogP contribution in [0.15, 0.2) is 0 Å². The summed E-state index contributed by atoms with van der Waals surface area (Å²) in [6, 6.07) is 0. The predicted molar refractivity (Wildman–Crippen MR) is 102 cm³/mol. The molecule has 3 aliphatic carbocycles. The summed E-state index contributed by atoms with van der Waals surface area (Å²) in [5, 5.41) is 0. The van der Waals surface area contributed by atoms with Crippen LogP contribution in [0.25, 0.3) is 0 Å². The van der Waals surface area contributed by atoms with Crippen LogP contribution in [0.1, 0.15) is 110 Å². The van der Waals surface area contributed by atoms with Crippen molar-refractivity contribution < 1.29 is 0 Å². The quantitative estimate of drug-likeness (QED) is 0.384. The zero-order chi connectivity index (χ0) is 16.1. The highest BCUT2D eigenvalue weighted by Crippen LogP contribution is 2.56. The first kappa shape index (κ1) is 17.8. The lowest BCUT2D eigenvalue weighted by molar-refractivity contribution is 0.157. The molecule has 0 aromatic carbocycles. The molecule has 0 aromatic heterocycles. The van der Waals surface area contributed by atoms with E-state index >= 15 is 0 Å². The number of unbranched alkanes of at least 4 members (excludes halogenated alkanes) is 5. The van der Waals surface area contributed by atoms with Gasteiger partial charge in [-0.1, -0.05) is 71.6 Å². The van der Waals surface area contributed by atoms with Gasteiger partial charge in [0.15, 0.2) is 0 Å². The molecule has 4 unspecified atom stereocenters. The van der Waals surface area contributed by atoms with Crippen molar-refractivity contribution in [3.8, 4) is 0 Å². The number of hydrogen-bond acceptors (Lipinski definition) is 0. The van der Waals surface area contributed by atoms with Crippen molar-refractivity contribution in [1.82, 2.24) is 0 Å². The minimum absolute atomic E-state index is 1.11. The number of fused-ring (bicyclic) bond motifs is 2. The van der Waals surface area contributed by atoms with Crippen LogP contribution in [0.2, 0.25) is 0 Å². The molecule has 3 aliphatic rings. The van der Waals surface area contributed by atoms with E-state index in [2.05, 4.69) is 13.8 Å². The van der Waals surface area contributed by atoms with Crippen molar-refractivity contribution >= 4 is 0 Å². The summed E-state index contributed by atoms with van der Waals surface area (Å²) in [4.78, 5) is 0. The van der Waals surface area contributed by atoms with Crippen molar-refractivity contribution in [1.29, 1.82) is 0 Å². The molecule has 0 aliphatic heterocycles. The standard InChI is InChI=1S/C23H42/c1-3-5-7-9-11-19-14-22-16-20-12-18(10-8-6-4-2)13-21(20)17-23(22)15-19/h18-23H,3-17H2,1-2H3. The molecule has 3 rings (SSSR count). The molecule has 0 radical (unpaired) electrons. The summed E-state index contributed by atoms with van der Waals surface area (Å²) >= 11 is 0.